The first-order valence-corrected chi connectivity index (χ1v) is 8.38. The van der Waals surface area contributed by atoms with E-state index in [2.05, 4.69) is 25.1 Å². The molecule has 1 saturated heterocycles. The van der Waals surface area contributed by atoms with E-state index >= 15 is 0 Å². The highest BCUT2D eigenvalue weighted by Crippen LogP contribution is 2.35. The van der Waals surface area contributed by atoms with Crippen LogP contribution in [-0.2, 0) is 21.4 Å². The molecule has 2 heterocycles. The Morgan fingerprint density at radius 3 is 2.59 bits per heavy atom. The largest absolute Gasteiger partial charge is 0.384 e. The third-order valence-electron chi connectivity index (χ3n) is 4.45. The molecule has 0 spiro atoms. The van der Waals surface area contributed by atoms with Crippen LogP contribution in [0, 0.1) is 6.92 Å². The number of ether oxygens (including phenoxy) is 1. The highest BCUT2D eigenvalue weighted by atomic mass is 32.1. The average Bonchev–Trinajstić information content (AvgIpc) is 2.88. The van der Waals surface area contributed by atoms with E-state index in [1.165, 1.54) is 10.4 Å². The topological polar surface area (TPSA) is 29.5 Å². The minimum atomic E-state index is -0.0463. The van der Waals surface area contributed by atoms with E-state index in [0.29, 0.717) is 13.0 Å². The van der Waals surface area contributed by atoms with Gasteiger partial charge < -0.3 is 9.64 Å². The van der Waals surface area contributed by atoms with Crippen LogP contribution in [0.4, 0.5) is 0 Å². The molecular weight excluding hydrogens is 294 g/mol. The molecule has 0 atom stereocenters. The molecule has 1 aromatic heterocycles. The van der Waals surface area contributed by atoms with E-state index in [4.69, 9.17) is 4.74 Å². The van der Waals surface area contributed by atoms with Crippen molar-refractivity contribution in [1.82, 2.24) is 4.90 Å². The lowest BCUT2D eigenvalue weighted by Crippen LogP contribution is -2.63. The van der Waals surface area contributed by atoms with Crippen molar-refractivity contribution in [3.8, 4) is 0 Å². The van der Waals surface area contributed by atoms with Gasteiger partial charge in [0.25, 0.3) is 0 Å². The van der Waals surface area contributed by atoms with Gasteiger partial charge in [0.05, 0.1) is 18.4 Å². The molecule has 22 heavy (non-hydrogen) atoms. The minimum Gasteiger partial charge on any atom is -0.384 e. The molecule has 0 saturated carbocycles. The molecule has 2 aromatic rings. The molecule has 0 radical (unpaired) electrons. The van der Waals surface area contributed by atoms with Crippen LogP contribution in [0.5, 0.6) is 0 Å². The van der Waals surface area contributed by atoms with Crippen LogP contribution in [0.2, 0.25) is 0 Å². The molecule has 4 heteroatoms. The third-order valence-corrected chi connectivity index (χ3v) is 5.34. The fraction of sp³-hybridized carbons (Fsp3) is 0.389. The van der Waals surface area contributed by atoms with E-state index in [-0.39, 0.29) is 11.3 Å². The van der Waals surface area contributed by atoms with Crippen LogP contribution in [0.3, 0.4) is 0 Å². The number of benzene rings is 1. The first-order valence-electron chi connectivity index (χ1n) is 7.50. The maximum atomic E-state index is 12.5. The van der Waals surface area contributed by atoms with Crippen molar-refractivity contribution in [2.45, 2.75) is 18.8 Å². The van der Waals surface area contributed by atoms with Crippen LogP contribution in [-0.4, -0.2) is 37.6 Å². The Morgan fingerprint density at radius 2 is 2.00 bits per heavy atom. The minimum absolute atomic E-state index is 0.0463. The van der Waals surface area contributed by atoms with Crippen LogP contribution >= 0.6 is 11.3 Å². The monoisotopic (exact) mass is 315 g/mol. The van der Waals surface area contributed by atoms with Crippen LogP contribution in [0.1, 0.15) is 16.0 Å². The highest BCUT2D eigenvalue weighted by Gasteiger charge is 2.46. The molecule has 0 aliphatic carbocycles. The summed E-state index contributed by atoms with van der Waals surface area (Å²) in [6.07, 6.45) is 0.507. The molecule has 1 aliphatic heterocycles. The third kappa shape index (κ3) is 2.81. The molecule has 3 rings (SSSR count). The summed E-state index contributed by atoms with van der Waals surface area (Å²) in [5.41, 5.74) is 2.36. The summed E-state index contributed by atoms with van der Waals surface area (Å²) in [6, 6.07) is 12.4. The van der Waals surface area contributed by atoms with E-state index in [9.17, 15) is 4.79 Å². The lowest BCUT2D eigenvalue weighted by atomic mass is 9.74. The van der Waals surface area contributed by atoms with Crippen LogP contribution in [0.15, 0.2) is 41.8 Å². The predicted molar refractivity (Wildman–Crippen MR) is 89.3 cm³/mol. The maximum Gasteiger partial charge on any atom is 0.227 e. The number of carbonyl (C=O) groups excluding carboxylic acids is 1. The number of rotatable bonds is 5. The highest BCUT2D eigenvalue weighted by molar-refractivity contribution is 7.10. The van der Waals surface area contributed by atoms with Gasteiger partial charge in [0.15, 0.2) is 0 Å². The summed E-state index contributed by atoms with van der Waals surface area (Å²) >= 11 is 1.70. The van der Waals surface area contributed by atoms with Gasteiger partial charge in [-0.2, -0.15) is 0 Å². The van der Waals surface area contributed by atoms with E-state index in [1.807, 2.05) is 28.5 Å². The summed E-state index contributed by atoms with van der Waals surface area (Å²) in [6.45, 7) is 4.21. The fourth-order valence-electron chi connectivity index (χ4n) is 3.16. The van der Waals surface area contributed by atoms with E-state index in [1.54, 1.807) is 18.4 Å². The molecule has 116 valence electrons. The first kappa shape index (κ1) is 15.3. The van der Waals surface area contributed by atoms with Crippen LogP contribution in [0.25, 0.3) is 0 Å². The summed E-state index contributed by atoms with van der Waals surface area (Å²) in [7, 11) is 1.73. The SMILES string of the molecule is COCC1(c2ccccc2)CN(C(=O)Cc2ccsc2C)C1. The second-order valence-corrected chi connectivity index (χ2v) is 7.13. The smallest absolute Gasteiger partial charge is 0.227 e. The zero-order chi connectivity index (χ0) is 15.6. The Morgan fingerprint density at radius 1 is 1.27 bits per heavy atom. The number of amides is 1. The van der Waals surface area contributed by atoms with Crippen molar-refractivity contribution in [1.29, 1.82) is 0 Å². The number of aryl methyl sites for hydroxylation is 1. The van der Waals surface area contributed by atoms with Gasteiger partial charge in [0.1, 0.15) is 0 Å². The van der Waals surface area contributed by atoms with Gasteiger partial charge in [-0.3, -0.25) is 4.79 Å². The van der Waals surface area contributed by atoms with Crippen molar-refractivity contribution in [2.75, 3.05) is 26.8 Å². The van der Waals surface area contributed by atoms with Crippen molar-refractivity contribution in [2.24, 2.45) is 0 Å². The number of hydrogen-bond acceptors (Lipinski definition) is 3. The molecule has 1 fully saturated rings. The Bertz CT molecular complexity index is 644. The molecule has 0 bridgehead atoms. The van der Waals surface area contributed by atoms with Crippen molar-refractivity contribution < 1.29 is 9.53 Å². The second kappa shape index (κ2) is 6.23. The van der Waals surface area contributed by atoms with E-state index < -0.39 is 0 Å². The van der Waals surface area contributed by atoms with Crippen molar-refractivity contribution in [3.05, 3.63) is 57.8 Å². The predicted octanol–water partition coefficient (Wildman–Crippen LogP) is 3.03. The molecule has 1 aliphatic rings. The number of nitrogens with zero attached hydrogens (tertiary/aromatic N) is 1. The zero-order valence-corrected chi connectivity index (χ0v) is 13.9. The maximum absolute atomic E-state index is 12.5. The Hall–Kier alpha value is -1.65. The standard InChI is InChI=1S/C18H21NO2S/c1-14-15(8-9-22-14)10-17(20)19-11-18(12-19,13-21-2)16-6-4-3-5-7-16/h3-9H,10-13H2,1-2H3. The molecule has 1 amide bonds. The quantitative estimate of drug-likeness (QED) is 0.849. The Labute approximate surface area is 135 Å². The lowest BCUT2D eigenvalue weighted by molar-refractivity contribution is -0.140. The van der Waals surface area contributed by atoms with Crippen molar-refractivity contribution in [3.63, 3.8) is 0 Å². The molecule has 3 nitrogen and oxygen atoms in total. The number of likely N-dealkylation sites (tertiary alicyclic amines) is 1. The summed E-state index contributed by atoms with van der Waals surface area (Å²) < 4.78 is 5.42. The number of thiophene rings is 1. The van der Waals surface area contributed by atoms with Gasteiger partial charge in [-0.05, 0) is 29.5 Å². The molecule has 0 unspecified atom stereocenters. The fourth-order valence-corrected chi connectivity index (χ4v) is 3.88. The zero-order valence-electron chi connectivity index (χ0n) is 13.0. The van der Waals surface area contributed by atoms with Crippen molar-refractivity contribution >= 4 is 17.2 Å². The summed E-state index contributed by atoms with van der Waals surface area (Å²) in [5.74, 6) is 0.212. The summed E-state index contributed by atoms with van der Waals surface area (Å²) in [5, 5.41) is 2.05. The average molecular weight is 315 g/mol. The molecule has 0 N–H and O–H groups in total. The van der Waals surface area contributed by atoms with Gasteiger partial charge in [-0.25, -0.2) is 0 Å². The molecule has 1 aromatic carbocycles. The number of carbonyl (C=O) groups is 1. The Kier molecular flexibility index (Phi) is 4.32. The number of methoxy groups -OCH3 is 1. The van der Waals surface area contributed by atoms with Gasteiger partial charge in [0.2, 0.25) is 5.91 Å². The summed E-state index contributed by atoms with van der Waals surface area (Å²) in [4.78, 5) is 15.6. The van der Waals surface area contributed by atoms with Gasteiger partial charge >= 0.3 is 0 Å². The Balaban J connectivity index is 1.68. The van der Waals surface area contributed by atoms with Gasteiger partial charge in [-0.1, -0.05) is 30.3 Å². The number of hydrogen-bond donors (Lipinski definition) is 0. The van der Waals surface area contributed by atoms with E-state index in [0.717, 1.165) is 18.7 Å². The molecular formula is C18H21NO2S. The van der Waals surface area contributed by atoms with Crippen LogP contribution < -0.4 is 0 Å². The lowest BCUT2D eigenvalue weighted by Gasteiger charge is -2.50. The normalized spacial score (nSPS) is 16.4. The van der Waals surface area contributed by atoms with Gasteiger partial charge in [0, 0.05) is 25.1 Å². The van der Waals surface area contributed by atoms with Gasteiger partial charge in [-0.15, -0.1) is 11.3 Å². The first-order chi connectivity index (χ1) is 10.6. The second-order valence-electron chi connectivity index (χ2n) is 6.01.